The SMILES string of the molecule is CC1CCCC(OCCCCCCCCCBr)C1. The lowest BCUT2D eigenvalue weighted by molar-refractivity contribution is 0.0137. The van der Waals surface area contributed by atoms with Gasteiger partial charge < -0.3 is 4.74 Å². The van der Waals surface area contributed by atoms with Gasteiger partial charge in [0.2, 0.25) is 0 Å². The molecule has 0 N–H and O–H groups in total. The number of hydrogen-bond donors (Lipinski definition) is 0. The molecule has 0 radical (unpaired) electrons. The summed E-state index contributed by atoms with van der Waals surface area (Å²) >= 11 is 3.48. The van der Waals surface area contributed by atoms with Gasteiger partial charge >= 0.3 is 0 Å². The predicted octanol–water partition coefficient (Wildman–Crippen LogP) is 5.71. The summed E-state index contributed by atoms with van der Waals surface area (Å²) in [5.74, 6) is 0.887. The van der Waals surface area contributed by atoms with Gasteiger partial charge in [0.15, 0.2) is 0 Å². The van der Waals surface area contributed by atoms with Gasteiger partial charge in [-0.3, -0.25) is 0 Å². The van der Waals surface area contributed by atoms with E-state index in [0.29, 0.717) is 6.10 Å². The van der Waals surface area contributed by atoms with Crippen LogP contribution < -0.4 is 0 Å². The van der Waals surface area contributed by atoms with Crippen molar-refractivity contribution >= 4 is 15.9 Å². The Morgan fingerprint density at radius 3 is 2.28 bits per heavy atom. The first-order valence-corrected chi connectivity index (χ1v) is 9.12. The third kappa shape index (κ3) is 8.53. The lowest BCUT2D eigenvalue weighted by atomic mass is 9.89. The number of hydrogen-bond acceptors (Lipinski definition) is 1. The van der Waals surface area contributed by atoms with E-state index in [-0.39, 0.29) is 0 Å². The number of rotatable bonds is 10. The van der Waals surface area contributed by atoms with Crippen molar-refractivity contribution in [2.75, 3.05) is 11.9 Å². The Labute approximate surface area is 122 Å². The quantitative estimate of drug-likeness (QED) is 0.370. The molecule has 0 spiro atoms. The van der Waals surface area contributed by atoms with Gasteiger partial charge in [-0.05, 0) is 31.6 Å². The van der Waals surface area contributed by atoms with E-state index >= 15 is 0 Å². The van der Waals surface area contributed by atoms with Gasteiger partial charge in [-0.25, -0.2) is 0 Å². The summed E-state index contributed by atoms with van der Waals surface area (Å²) in [4.78, 5) is 0. The second-order valence-electron chi connectivity index (χ2n) is 5.93. The Kier molecular flexibility index (Phi) is 10.3. The molecule has 0 bridgehead atoms. The highest BCUT2D eigenvalue weighted by Crippen LogP contribution is 2.25. The predicted molar refractivity (Wildman–Crippen MR) is 83.5 cm³/mol. The van der Waals surface area contributed by atoms with Crippen LogP contribution in [0.4, 0.5) is 0 Å². The molecule has 2 heteroatoms. The lowest BCUT2D eigenvalue weighted by Gasteiger charge is -2.26. The van der Waals surface area contributed by atoms with Crippen LogP contribution in [0.25, 0.3) is 0 Å². The summed E-state index contributed by atoms with van der Waals surface area (Å²) in [6.07, 6.45) is 15.5. The largest absolute Gasteiger partial charge is 0.378 e. The molecule has 1 fully saturated rings. The van der Waals surface area contributed by atoms with Crippen molar-refractivity contribution in [1.82, 2.24) is 0 Å². The highest BCUT2D eigenvalue weighted by molar-refractivity contribution is 9.09. The van der Waals surface area contributed by atoms with Gasteiger partial charge in [0.25, 0.3) is 0 Å². The average molecular weight is 319 g/mol. The van der Waals surface area contributed by atoms with Crippen LogP contribution in [-0.2, 0) is 4.74 Å². The maximum atomic E-state index is 5.99. The van der Waals surface area contributed by atoms with Crippen molar-refractivity contribution in [2.45, 2.75) is 83.7 Å². The lowest BCUT2D eigenvalue weighted by Crippen LogP contribution is -2.21. The molecule has 1 aliphatic rings. The van der Waals surface area contributed by atoms with Crippen molar-refractivity contribution in [2.24, 2.45) is 5.92 Å². The molecule has 0 aliphatic heterocycles. The van der Waals surface area contributed by atoms with E-state index in [4.69, 9.17) is 4.74 Å². The van der Waals surface area contributed by atoms with E-state index in [1.54, 1.807) is 0 Å². The molecule has 1 saturated carbocycles. The van der Waals surface area contributed by atoms with Crippen molar-refractivity contribution in [3.8, 4) is 0 Å². The first kappa shape index (κ1) is 16.5. The molecule has 0 aromatic carbocycles. The third-order valence-corrected chi connectivity index (χ3v) is 4.58. The van der Waals surface area contributed by atoms with E-state index < -0.39 is 0 Å². The first-order valence-electron chi connectivity index (χ1n) is 8.00. The Hall–Kier alpha value is 0.440. The number of unbranched alkanes of at least 4 members (excludes halogenated alkanes) is 6. The van der Waals surface area contributed by atoms with Crippen LogP contribution in [0.15, 0.2) is 0 Å². The van der Waals surface area contributed by atoms with Crippen molar-refractivity contribution in [3.63, 3.8) is 0 Å². The molecule has 0 heterocycles. The number of halogens is 1. The maximum absolute atomic E-state index is 5.99. The molecule has 18 heavy (non-hydrogen) atoms. The summed E-state index contributed by atoms with van der Waals surface area (Å²) in [5.41, 5.74) is 0. The Morgan fingerprint density at radius 1 is 0.944 bits per heavy atom. The molecule has 2 atom stereocenters. The molecular formula is C16H31BrO. The van der Waals surface area contributed by atoms with Crippen molar-refractivity contribution in [3.05, 3.63) is 0 Å². The number of ether oxygens (including phenoxy) is 1. The Morgan fingerprint density at radius 2 is 1.61 bits per heavy atom. The normalized spacial score (nSPS) is 24.3. The molecule has 108 valence electrons. The standard InChI is InChI=1S/C16H31BrO/c1-15-10-9-11-16(14-15)18-13-8-6-4-2-3-5-7-12-17/h15-16H,2-14H2,1H3. The van der Waals surface area contributed by atoms with E-state index in [2.05, 4.69) is 22.9 Å². The minimum Gasteiger partial charge on any atom is -0.378 e. The molecule has 1 aliphatic carbocycles. The average Bonchev–Trinajstić information content (AvgIpc) is 2.37. The molecule has 1 nitrogen and oxygen atoms in total. The summed E-state index contributed by atoms with van der Waals surface area (Å²) < 4.78 is 5.99. The third-order valence-electron chi connectivity index (χ3n) is 4.02. The monoisotopic (exact) mass is 318 g/mol. The van der Waals surface area contributed by atoms with Crippen LogP contribution in [0, 0.1) is 5.92 Å². The van der Waals surface area contributed by atoms with Gasteiger partial charge in [-0.1, -0.05) is 67.8 Å². The van der Waals surface area contributed by atoms with Crippen molar-refractivity contribution < 1.29 is 4.74 Å². The zero-order valence-corrected chi connectivity index (χ0v) is 13.7. The van der Waals surface area contributed by atoms with Gasteiger partial charge in [0, 0.05) is 11.9 Å². The molecule has 0 aromatic heterocycles. The fourth-order valence-corrected chi connectivity index (χ4v) is 3.26. The van der Waals surface area contributed by atoms with Crippen LogP contribution in [0.5, 0.6) is 0 Å². The van der Waals surface area contributed by atoms with E-state index in [1.807, 2.05) is 0 Å². The van der Waals surface area contributed by atoms with Gasteiger partial charge in [-0.15, -0.1) is 0 Å². The van der Waals surface area contributed by atoms with Crippen LogP contribution in [0.1, 0.15) is 77.6 Å². The van der Waals surface area contributed by atoms with E-state index in [1.165, 1.54) is 76.0 Å². The topological polar surface area (TPSA) is 9.23 Å². The van der Waals surface area contributed by atoms with E-state index in [9.17, 15) is 0 Å². The van der Waals surface area contributed by atoms with Crippen LogP contribution in [-0.4, -0.2) is 18.0 Å². The zero-order valence-electron chi connectivity index (χ0n) is 12.1. The second-order valence-corrected chi connectivity index (χ2v) is 6.72. The summed E-state index contributed by atoms with van der Waals surface area (Å²) in [5, 5.41) is 1.17. The van der Waals surface area contributed by atoms with Gasteiger partial charge in [0.1, 0.15) is 0 Å². The highest BCUT2D eigenvalue weighted by atomic mass is 79.9. The summed E-state index contributed by atoms with van der Waals surface area (Å²) in [6, 6.07) is 0. The molecule has 0 saturated heterocycles. The zero-order chi connectivity index (χ0) is 13.1. The number of alkyl halides is 1. The van der Waals surface area contributed by atoms with Crippen LogP contribution in [0.2, 0.25) is 0 Å². The minimum atomic E-state index is 0.577. The van der Waals surface area contributed by atoms with Crippen molar-refractivity contribution in [1.29, 1.82) is 0 Å². The van der Waals surface area contributed by atoms with Gasteiger partial charge in [-0.2, -0.15) is 0 Å². The second kappa shape index (κ2) is 11.3. The van der Waals surface area contributed by atoms with Crippen LogP contribution in [0.3, 0.4) is 0 Å². The molecule has 0 amide bonds. The highest BCUT2D eigenvalue weighted by Gasteiger charge is 2.18. The Bertz CT molecular complexity index is 184. The first-order chi connectivity index (χ1) is 8.83. The van der Waals surface area contributed by atoms with Crippen LogP contribution >= 0.6 is 15.9 Å². The summed E-state index contributed by atoms with van der Waals surface area (Å²) in [7, 11) is 0. The maximum Gasteiger partial charge on any atom is 0.0577 e. The fraction of sp³-hybridized carbons (Fsp3) is 1.00. The Balaban J connectivity index is 1.80. The molecule has 2 unspecified atom stereocenters. The van der Waals surface area contributed by atoms with E-state index in [0.717, 1.165) is 12.5 Å². The molecular weight excluding hydrogens is 288 g/mol. The molecule has 1 rings (SSSR count). The smallest absolute Gasteiger partial charge is 0.0577 e. The minimum absolute atomic E-state index is 0.577. The molecule has 0 aromatic rings. The summed E-state index contributed by atoms with van der Waals surface area (Å²) in [6.45, 7) is 3.36. The van der Waals surface area contributed by atoms with Gasteiger partial charge in [0.05, 0.1) is 6.10 Å². The fourth-order valence-electron chi connectivity index (χ4n) is 2.86.